The Bertz CT molecular complexity index is 555. The molecule has 2 rings (SSSR count). The zero-order chi connectivity index (χ0) is 14.7. The first kappa shape index (κ1) is 15.0. The molecule has 5 heteroatoms. The molecule has 1 aliphatic rings. The van der Waals surface area contributed by atoms with Gasteiger partial charge >= 0.3 is 0 Å². The maximum atomic E-state index is 12.6. The van der Waals surface area contributed by atoms with Crippen LogP contribution >= 0.6 is 11.3 Å². The van der Waals surface area contributed by atoms with Crippen molar-refractivity contribution in [2.45, 2.75) is 19.9 Å². The second-order valence-electron chi connectivity index (χ2n) is 5.24. The molecular formula is C15H21N3OS. The number of amides is 1. The van der Waals surface area contributed by atoms with E-state index in [2.05, 4.69) is 30.7 Å². The fourth-order valence-corrected chi connectivity index (χ4v) is 3.43. The van der Waals surface area contributed by atoms with Gasteiger partial charge in [-0.15, -0.1) is 11.3 Å². The highest BCUT2D eigenvalue weighted by Gasteiger charge is 2.27. The fraction of sp³-hybridized carbons (Fsp3) is 0.533. The molecule has 0 saturated carbocycles. The Morgan fingerprint density at radius 1 is 1.55 bits per heavy atom. The molecule has 20 heavy (non-hydrogen) atoms. The van der Waals surface area contributed by atoms with E-state index in [1.54, 1.807) is 0 Å². The zero-order valence-corrected chi connectivity index (χ0v) is 13.1. The summed E-state index contributed by atoms with van der Waals surface area (Å²) in [4.78, 5) is 18.5. The molecule has 1 aromatic heterocycles. The Labute approximate surface area is 124 Å². The van der Waals surface area contributed by atoms with Crippen LogP contribution in [-0.4, -0.2) is 55.0 Å². The van der Waals surface area contributed by atoms with Crippen molar-refractivity contribution >= 4 is 17.2 Å². The van der Waals surface area contributed by atoms with Gasteiger partial charge in [0.2, 0.25) is 0 Å². The topological polar surface area (TPSA) is 49.6 Å². The van der Waals surface area contributed by atoms with Crippen molar-refractivity contribution in [1.82, 2.24) is 9.80 Å². The van der Waals surface area contributed by atoms with Crippen molar-refractivity contribution in [2.24, 2.45) is 5.73 Å². The molecule has 1 saturated heterocycles. The number of likely N-dealkylation sites (N-methyl/N-ethyl adjacent to an activating group) is 1. The highest BCUT2D eigenvalue weighted by Crippen LogP contribution is 2.24. The van der Waals surface area contributed by atoms with Crippen molar-refractivity contribution in [2.75, 3.05) is 33.2 Å². The molecule has 1 unspecified atom stereocenters. The summed E-state index contributed by atoms with van der Waals surface area (Å²) >= 11 is 1.47. The average molecular weight is 291 g/mol. The lowest BCUT2D eigenvalue weighted by atomic mass is 10.2. The van der Waals surface area contributed by atoms with Crippen molar-refractivity contribution < 1.29 is 4.79 Å². The number of hydrogen-bond acceptors (Lipinski definition) is 4. The van der Waals surface area contributed by atoms with Gasteiger partial charge in [0.1, 0.15) is 0 Å². The molecule has 0 bridgehead atoms. The molecule has 0 radical (unpaired) electrons. The number of rotatable bonds is 1. The van der Waals surface area contributed by atoms with E-state index in [1.807, 2.05) is 17.9 Å². The summed E-state index contributed by atoms with van der Waals surface area (Å²) in [6.45, 7) is 7.08. The number of aryl methyl sites for hydroxylation is 1. The van der Waals surface area contributed by atoms with Crippen LogP contribution < -0.4 is 5.73 Å². The Morgan fingerprint density at radius 2 is 2.30 bits per heavy atom. The molecule has 1 aliphatic heterocycles. The number of nitrogens with two attached hydrogens (primary N) is 1. The molecule has 0 aromatic carbocycles. The van der Waals surface area contributed by atoms with Crippen molar-refractivity contribution in [3.05, 3.63) is 21.4 Å². The summed E-state index contributed by atoms with van der Waals surface area (Å²) in [6, 6.07) is 2.20. The van der Waals surface area contributed by atoms with E-state index in [-0.39, 0.29) is 11.9 Å². The molecule has 0 spiro atoms. The van der Waals surface area contributed by atoms with Crippen LogP contribution in [0.25, 0.3) is 0 Å². The first-order valence-electron chi connectivity index (χ1n) is 6.81. The third kappa shape index (κ3) is 3.21. The summed E-state index contributed by atoms with van der Waals surface area (Å²) in [5.74, 6) is 6.01. The van der Waals surface area contributed by atoms with Gasteiger partial charge in [-0.1, -0.05) is 11.8 Å². The van der Waals surface area contributed by atoms with E-state index >= 15 is 0 Å². The van der Waals surface area contributed by atoms with Crippen LogP contribution in [0.5, 0.6) is 0 Å². The predicted molar refractivity (Wildman–Crippen MR) is 83.0 cm³/mol. The second-order valence-corrected chi connectivity index (χ2v) is 6.29. The summed E-state index contributed by atoms with van der Waals surface area (Å²) in [5, 5.41) is 0. The number of piperazine rings is 1. The Morgan fingerprint density at radius 3 is 2.95 bits per heavy atom. The van der Waals surface area contributed by atoms with Crippen LogP contribution in [0.1, 0.15) is 27.0 Å². The minimum absolute atomic E-state index is 0.125. The Balaban J connectivity index is 2.17. The Kier molecular flexibility index (Phi) is 4.81. The number of nitrogens with zero attached hydrogens (tertiary/aromatic N) is 2. The smallest absolute Gasteiger partial charge is 0.264 e. The van der Waals surface area contributed by atoms with Gasteiger partial charge < -0.3 is 15.5 Å². The summed E-state index contributed by atoms with van der Waals surface area (Å²) in [6.07, 6.45) is 0. The van der Waals surface area contributed by atoms with E-state index in [4.69, 9.17) is 5.73 Å². The lowest BCUT2D eigenvalue weighted by Gasteiger charge is -2.38. The van der Waals surface area contributed by atoms with Crippen molar-refractivity contribution in [1.29, 1.82) is 0 Å². The molecule has 1 aromatic rings. The summed E-state index contributed by atoms with van der Waals surface area (Å²) in [5.41, 5.74) is 6.45. The third-order valence-electron chi connectivity index (χ3n) is 3.52. The molecule has 1 atom stereocenters. The fourth-order valence-electron chi connectivity index (χ4n) is 2.43. The molecule has 1 amide bonds. The van der Waals surface area contributed by atoms with Crippen molar-refractivity contribution in [3.63, 3.8) is 0 Å². The first-order chi connectivity index (χ1) is 9.52. The van der Waals surface area contributed by atoms with Crippen LogP contribution in [0.3, 0.4) is 0 Å². The van der Waals surface area contributed by atoms with Gasteiger partial charge in [-0.3, -0.25) is 4.79 Å². The largest absolute Gasteiger partial charge is 0.333 e. The molecule has 108 valence electrons. The van der Waals surface area contributed by atoms with E-state index in [1.165, 1.54) is 11.3 Å². The predicted octanol–water partition coefficient (Wildman–Crippen LogP) is 1.14. The van der Waals surface area contributed by atoms with Crippen molar-refractivity contribution in [3.8, 4) is 11.8 Å². The van der Waals surface area contributed by atoms with Crippen LogP contribution in [0, 0.1) is 18.8 Å². The standard InChI is InChI=1S/C15H21N3OS/c1-11-9-14(20-13(11)5-4-6-16)15(19)18-8-7-17(3)10-12(18)2/h9,12H,6-8,10,16H2,1-3H3. The zero-order valence-electron chi connectivity index (χ0n) is 12.3. The quantitative estimate of drug-likeness (QED) is 0.790. The summed E-state index contributed by atoms with van der Waals surface area (Å²) in [7, 11) is 2.09. The maximum Gasteiger partial charge on any atom is 0.264 e. The molecule has 1 fully saturated rings. The molecule has 2 heterocycles. The minimum Gasteiger partial charge on any atom is -0.333 e. The molecule has 0 aliphatic carbocycles. The van der Waals surface area contributed by atoms with Gasteiger partial charge in [-0.05, 0) is 32.5 Å². The summed E-state index contributed by atoms with van der Waals surface area (Å²) < 4.78 is 0. The maximum absolute atomic E-state index is 12.6. The second kappa shape index (κ2) is 6.40. The normalized spacial score (nSPS) is 19.6. The van der Waals surface area contributed by atoms with Gasteiger partial charge in [-0.2, -0.15) is 0 Å². The van der Waals surface area contributed by atoms with E-state index in [9.17, 15) is 4.79 Å². The van der Waals surface area contributed by atoms with Crippen LogP contribution in [-0.2, 0) is 0 Å². The van der Waals surface area contributed by atoms with Gasteiger partial charge in [0, 0.05) is 25.7 Å². The highest BCUT2D eigenvalue weighted by atomic mass is 32.1. The number of thiophene rings is 1. The monoisotopic (exact) mass is 291 g/mol. The third-order valence-corrected chi connectivity index (χ3v) is 4.66. The van der Waals surface area contributed by atoms with Crippen LogP contribution in [0.15, 0.2) is 6.07 Å². The Hall–Kier alpha value is -1.35. The van der Waals surface area contributed by atoms with Gasteiger partial charge in [0.05, 0.1) is 16.3 Å². The highest BCUT2D eigenvalue weighted by molar-refractivity contribution is 7.14. The molecular weight excluding hydrogens is 270 g/mol. The number of hydrogen-bond donors (Lipinski definition) is 1. The lowest BCUT2D eigenvalue weighted by molar-refractivity contribution is 0.0538. The minimum atomic E-state index is 0.125. The van der Waals surface area contributed by atoms with E-state index < -0.39 is 0 Å². The van der Waals surface area contributed by atoms with Gasteiger partial charge in [-0.25, -0.2) is 0 Å². The van der Waals surface area contributed by atoms with E-state index in [0.29, 0.717) is 6.54 Å². The SMILES string of the molecule is Cc1cc(C(=O)N2CCN(C)CC2C)sc1C#CCN. The number of carbonyl (C=O) groups is 1. The first-order valence-corrected chi connectivity index (χ1v) is 7.63. The number of carbonyl (C=O) groups excluding carboxylic acids is 1. The van der Waals surface area contributed by atoms with Gasteiger partial charge in [0.25, 0.3) is 5.91 Å². The molecule has 2 N–H and O–H groups in total. The molecule has 4 nitrogen and oxygen atoms in total. The lowest BCUT2D eigenvalue weighted by Crippen LogP contribution is -2.52. The van der Waals surface area contributed by atoms with E-state index in [0.717, 1.165) is 35.0 Å². The average Bonchev–Trinajstić information content (AvgIpc) is 2.77. The van der Waals surface area contributed by atoms with Gasteiger partial charge in [0.15, 0.2) is 0 Å². The van der Waals surface area contributed by atoms with Crippen LogP contribution in [0.4, 0.5) is 0 Å². The van der Waals surface area contributed by atoms with Crippen LogP contribution in [0.2, 0.25) is 0 Å².